The fourth-order valence-electron chi connectivity index (χ4n) is 1.02. The molecule has 0 saturated heterocycles. The van der Waals surface area contributed by atoms with E-state index in [0.29, 0.717) is 18.7 Å². The maximum absolute atomic E-state index is 9.36. The second-order valence-corrected chi connectivity index (χ2v) is 2.72. The summed E-state index contributed by atoms with van der Waals surface area (Å²) in [5.74, 6) is 0.101. The van der Waals surface area contributed by atoms with Gasteiger partial charge in [0, 0.05) is 30.4 Å². The summed E-state index contributed by atoms with van der Waals surface area (Å²) in [4.78, 5) is 0. The number of rotatable bonds is 4. The zero-order chi connectivity index (χ0) is 9.68. The van der Waals surface area contributed by atoms with Crippen LogP contribution in [0.25, 0.3) is 0 Å². The van der Waals surface area contributed by atoms with Crippen molar-refractivity contribution in [1.82, 2.24) is 0 Å². The summed E-state index contributed by atoms with van der Waals surface area (Å²) < 4.78 is 0. The molecule has 4 heteroatoms. The fourth-order valence-corrected chi connectivity index (χ4v) is 1.02. The van der Waals surface area contributed by atoms with Crippen molar-refractivity contribution in [3.05, 3.63) is 23.8 Å². The van der Waals surface area contributed by atoms with Crippen LogP contribution in [0.3, 0.4) is 0 Å². The van der Waals surface area contributed by atoms with E-state index in [4.69, 9.17) is 10.8 Å². The Morgan fingerprint density at radius 1 is 1.38 bits per heavy atom. The number of aromatic hydroxyl groups is 1. The summed E-state index contributed by atoms with van der Waals surface area (Å²) >= 11 is 0. The lowest BCUT2D eigenvalue weighted by molar-refractivity contribution is 0.275. The first-order chi connectivity index (χ1) is 6.27. The highest BCUT2D eigenvalue weighted by molar-refractivity contribution is 5.51. The van der Waals surface area contributed by atoms with Crippen LogP contribution in [0.2, 0.25) is 0 Å². The van der Waals surface area contributed by atoms with Gasteiger partial charge in [0.05, 0.1) is 6.61 Å². The summed E-state index contributed by atoms with van der Waals surface area (Å²) in [7, 11) is 0. The molecule has 13 heavy (non-hydrogen) atoms. The Morgan fingerprint density at radius 3 is 2.69 bits per heavy atom. The third-order valence-electron chi connectivity index (χ3n) is 1.73. The molecule has 1 aromatic carbocycles. The number of nitrogens with one attached hydrogen (secondary N) is 1. The summed E-state index contributed by atoms with van der Waals surface area (Å²) in [5, 5.41) is 21.2. The number of phenols is 1. The molecule has 1 aromatic rings. The highest BCUT2D eigenvalue weighted by Gasteiger charge is 2.00. The largest absolute Gasteiger partial charge is 0.508 e. The number of aliphatic hydroxyl groups is 1. The molecule has 0 aliphatic carbocycles. The van der Waals surface area contributed by atoms with Crippen LogP contribution in [-0.2, 0) is 6.61 Å². The minimum absolute atomic E-state index is 0.101. The van der Waals surface area contributed by atoms with E-state index in [-0.39, 0.29) is 12.4 Å². The van der Waals surface area contributed by atoms with Crippen molar-refractivity contribution in [2.45, 2.75) is 6.61 Å². The standard InChI is InChI=1S/C9H14N2O2/c10-3-4-11-8-2-1-7(6-12)9(13)5-8/h1-2,5,11-13H,3-4,6,10H2. The topological polar surface area (TPSA) is 78.5 Å². The smallest absolute Gasteiger partial charge is 0.123 e. The van der Waals surface area contributed by atoms with Crippen LogP contribution in [0.1, 0.15) is 5.56 Å². The van der Waals surface area contributed by atoms with Gasteiger partial charge >= 0.3 is 0 Å². The quantitative estimate of drug-likeness (QED) is 0.538. The first kappa shape index (κ1) is 9.83. The Labute approximate surface area is 77.0 Å². The minimum Gasteiger partial charge on any atom is -0.508 e. The summed E-state index contributed by atoms with van der Waals surface area (Å²) in [5.41, 5.74) is 6.64. The van der Waals surface area contributed by atoms with Gasteiger partial charge in [-0.3, -0.25) is 0 Å². The lowest BCUT2D eigenvalue weighted by atomic mass is 10.2. The Kier molecular flexibility index (Phi) is 3.54. The van der Waals surface area contributed by atoms with Gasteiger partial charge in [0.25, 0.3) is 0 Å². The fraction of sp³-hybridized carbons (Fsp3) is 0.333. The Morgan fingerprint density at radius 2 is 2.15 bits per heavy atom. The lowest BCUT2D eigenvalue weighted by Crippen LogP contribution is -2.12. The van der Waals surface area contributed by atoms with E-state index < -0.39 is 0 Å². The minimum atomic E-state index is -0.150. The second-order valence-electron chi connectivity index (χ2n) is 2.72. The average Bonchev–Trinajstić information content (AvgIpc) is 2.15. The number of hydrogen-bond donors (Lipinski definition) is 4. The molecule has 0 aliphatic heterocycles. The molecule has 0 fully saturated rings. The van der Waals surface area contributed by atoms with E-state index in [0.717, 1.165) is 5.69 Å². The molecular weight excluding hydrogens is 168 g/mol. The van der Waals surface area contributed by atoms with Crippen molar-refractivity contribution in [3.8, 4) is 5.75 Å². The van der Waals surface area contributed by atoms with Crippen LogP contribution >= 0.6 is 0 Å². The normalized spacial score (nSPS) is 10.0. The van der Waals surface area contributed by atoms with Gasteiger partial charge in [-0.25, -0.2) is 0 Å². The van der Waals surface area contributed by atoms with Gasteiger partial charge in [0.2, 0.25) is 0 Å². The number of hydrogen-bond acceptors (Lipinski definition) is 4. The molecule has 0 heterocycles. The van der Waals surface area contributed by atoms with Crippen molar-refractivity contribution in [1.29, 1.82) is 0 Å². The SMILES string of the molecule is NCCNc1ccc(CO)c(O)c1. The highest BCUT2D eigenvalue weighted by Crippen LogP contribution is 2.21. The predicted octanol–water partition coefficient (Wildman–Crippen LogP) is 0.255. The van der Waals surface area contributed by atoms with Crippen LogP contribution in [0, 0.1) is 0 Å². The molecule has 4 nitrogen and oxygen atoms in total. The van der Waals surface area contributed by atoms with Crippen molar-refractivity contribution in [3.63, 3.8) is 0 Å². The molecule has 1 rings (SSSR count). The summed E-state index contributed by atoms with van der Waals surface area (Å²) in [6, 6.07) is 5.04. The van der Waals surface area contributed by atoms with Crippen molar-refractivity contribution >= 4 is 5.69 Å². The average molecular weight is 182 g/mol. The maximum Gasteiger partial charge on any atom is 0.123 e. The van der Waals surface area contributed by atoms with Crippen molar-refractivity contribution in [2.24, 2.45) is 5.73 Å². The van der Waals surface area contributed by atoms with Crippen LogP contribution in [0.5, 0.6) is 5.75 Å². The van der Waals surface area contributed by atoms with E-state index >= 15 is 0 Å². The zero-order valence-electron chi connectivity index (χ0n) is 7.33. The van der Waals surface area contributed by atoms with E-state index in [9.17, 15) is 5.11 Å². The van der Waals surface area contributed by atoms with Gasteiger partial charge in [-0.1, -0.05) is 6.07 Å². The Hall–Kier alpha value is -1.26. The molecule has 72 valence electrons. The van der Waals surface area contributed by atoms with Crippen LogP contribution in [0.15, 0.2) is 18.2 Å². The van der Waals surface area contributed by atoms with Crippen LogP contribution in [0.4, 0.5) is 5.69 Å². The number of benzene rings is 1. The van der Waals surface area contributed by atoms with Gasteiger partial charge in [0.1, 0.15) is 5.75 Å². The summed E-state index contributed by atoms with van der Waals surface area (Å²) in [6.45, 7) is 1.06. The Bertz CT molecular complexity index is 276. The molecule has 0 amide bonds. The maximum atomic E-state index is 9.36. The van der Waals surface area contributed by atoms with Crippen molar-refractivity contribution < 1.29 is 10.2 Å². The molecule has 0 aliphatic rings. The monoisotopic (exact) mass is 182 g/mol. The third-order valence-corrected chi connectivity index (χ3v) is 1.73. The molecule has 5 N–H and O–H groups in total. The first-order valence-electron chi connectivity index (χ1n) is 4.14. The number of aliphatic hydroxyl groups excluding tert-OH is 1. The lowest BCUT2D eigenvalue weighted by Gasteiger charge is -2.06. The first-order valence-corrected chi connectivity index (χ1v) is 4.14. The van der Waals surface area contributed by atoms with Crippen LogP contribution < -0.4 is 11.1 Å². The van der Waals surface area contributed by atoms with Crippen molar-refractivity contribution in [2.75, 3.05) is 18.4 Å². The Balaban J connectivity index is 2.71. The molecule has 0 atom stereocenters. The van der Waals surface area contributed by atoms with Crippen LogP contribution in [-0.4, -0.2) is 23.3 Å². The molecule has 0 radical (unpaired) electrons. The van der Waals surface area contributed by atoms with Gasteiger partial charge < -0.3 is 21.3 Å². The molecular formula is C9H14N2O2. The summed E-state index contributed by atoms with van der Waals surface area (Å²) in [6.07, 6.45) is 0. The van der Waals surface area contributed by atoms with E-state index in [1.165, 1.54) is 0 Å². The second kappa shape index (κ2) is 4.69. The van der Waals surface area contributed by atoms with Gasteiger partial charge in [-0.15, -0.1) is 0 Å². The van der Waals surface area contributed by atoms with E-state index in [1.807, 2.05) is 0 Å². The molecule has 0 aromatic heterocycles. The zero-order valence-corrected chi connectivity index (χ0v) is 7.33. The third kappa shape index (κ3) is 2.61. The van der Waals surface area contributed by atoms with Gasteiger partial charge in [-0.2, -0.15) is 0 Å². The number of nitrogens with two attached hydrogens (primary N) is 1. The highest BCUT2D eigenvalue weighted by atomic mass is 16.3. The molecule has 0 saturated carbocycles. The van der Waals surface area contributed by atoms with Gasteiger partial charge in [0.15, 0.2) is 0 Å². The predicted molar refractivity (Wildman–Crippen MR) is 51.6 cm³/mol. The molecule has 0 spiro atoms. The van der Waals surface area contributed by atoms with Gasteiger partial charge in [-0.05, 0) is 6.07 Å². The number of anilines is 1. The molecule has 0 unspecified atom stereocenters. The molecule has 0 bridgehead atoms. The van der Waals surface area contributed by atoms with E-state index in [1.54, 1.807) is 18.2 Å². The van der Waals surface area contributed by atoms with E-state index in [2.05, 4.69) is 5.32 Å².